The van der Waals surface area contributed by atoms with Crippen molar-refractivity contribution in [1.29, 1.82) is 0 Å². The lowest BCUT2D eigenvalue weighted by atomic mass is 9.87. The summed E-state index contributed by atoms with van der Waals surface area (Å²) in [7, 11) is 1.38. The maximum absolute atomic E-state index is 13.2. The summed E-state index contributed by atoms with van der Waals surface area (Å²) in [4.78, 5) is 17.4. The number of benzene rings is 4. The van der Waals surface area contributed by atoms with Crippen molar-refractivity contribution < 1.29 is 14.7 Å². The Morgan fingerprint density at radius 1 is 0.907 bits per heavy atom. The predicted octanol–water partition coefficient (Wildman–Crippen LogP) is 8.04. The van der Waals surface area contributed by atoms with E-state index in [4.69, 9.17) is 9.72 Å². The maximum atomic E-state index is 13.2. The fourth-order valence-corrected chi connectivity index (χ4v) is 7.04. The summed E-state index contributed by atoms with van der Waals surface area (Å²) in [6.07, 6.45) is 2.38. The van der Waals surface area contributed by atoms with E-state index in [0.29, 0.717) is 18.1 Å². The zero-order chi connectivity index (χ0) is 29.6. The van der Waals surface area contributed by atoms with Crippen LogP contribution in [0.1, 0.15) is 29.2 Å². The fourth-order valence-electron chi connectivity index (χ4n) is 5.19. The number of rotatable bonds is 10. The van der Waals surface area contributed by atoms with Crippen molar-refractivity contribution in [1.82, 2.24) is 15.4 Å². The number of likely N-dealkylation sites (N-methyl/N-ethyl adjacent to an activating group) is 1. The molecule has 0 radical (unpaired) electrons. The number of carbonyl (C=O) groups is 1. The molecule has 0 fully saturated rings. The second-order valence-electron chi connectivity index (χ2n) is 10.3. The van der Waals surface area contributed by atoms with Gasteiger partial charge in [-0.25, -0.2) is 10.0 Å². The van der Waals surface area contributed by atoms with E-state index >= 15 is 0 Å². The first-order valence-corrected chi connectivity index (χ1v) is 15.7. The zero-order valence-corrected chi connectivity index (χ0v) is 25.2. The Bertz CT molecular complexity index is 1680. The van der Waals surface area contributed by atoms with Crippen LogP contribution >= 0.6 is 23.1 Å². The molecule has 6 rings (SSSR count). The number of nitrogens with one attached hydrogen (secondary N) is 1. The van der Waals surface area contributed by atoms with Gasteiger partial charge in [-0.2, -0.15) is 0 Å². The van der Waals surface area contributed by atoms with E-state index < -0.39 is 10.8 Å². The molecule has 1 aromatic heterocycles. The van der Waals surface area contributed by atoms with Crippen molar-refractivity contribution in [3.05, 3.63) is 143 Å². The van der Waals surface area contributed by atoms with Crippen molar-refractivity contribution in [2.45, 2.75) is 23.8 Å². The van der Waals surface area contributed by atoms with Crippen LogP contribution in [0.2, 0.25) is 0 Å². The summed E-state index contributed by atoms with van der Waals surface area (Å²) < 4.78 is 6.01. The molecule has 1 aliphatic heterocycles. The molecular weight excluding hydrogens is 575 g/mol. The van der Waals surface area contributed by atoms with Crippen LogP contribution in [0.3, 0.4) is 0 Å². The Hall–Kier alpha value is -4.37. The van der Waals surface area contributed by atoms with Gasteiger partial charge in [-0.05, 0) is 39.8 Å². The van der Waals surface area contributed by atoms with Gasteiger partial charge in [0.2, 0.25) is 0 Å². The van der Waals surface area contributed by atoms with E-state index in [-0.39, 0.29) is 5.91 Å². The van der Waals surface area contributed by atoms with Gasteiger partial charge in [-0.3, -0.25) is 10.0 Å². The normalized spacial score (nSPS) is 16.4. The van der Waals surface area contributed by atoms with Crippen LogP contribution in [0.5, 0.6) is 5.75 Å². The molecule has 6 nitrogen and oxygen atoms in total. The monoisotopic (exact) mass is 605 g/mol. The number of carbonyl (C=O) groups excluding carboxylic acids is 1. The first kappa shape index (κ1) is 28.7. The van der Waals surface area contributed by atoms with Gasteiger partial charge in [0.25, 0.3) is 5.91 Å². The number of nitrogens with zero attached hydrogens (tertiary/aromatic N) is 2. The SMILES string of the molecule is CN(O)C(=O)C(CC1(c2ccccc2)NC=CS1)c1ccc(-c2ccc(OCc3csc(-c4ccccc4)n3)cc2)cc1. The molecule has 0 saturated carbocycles. The summed E-state index contributed by atoms with van der Waals surface area (Å²) in [5, 5.41) is 19.3. The quantitative estimate of drug-likeness (QED) is 0.124. The molecule has 43 heavy (non-hydrogen) atoms. The number of thiazole rings is 1. The topological polar surface area (TPSA) is 74.7 Å². The lowest BCUT2D eigenvalue weighted by Crippen LogP contribution is -2.39. The number of ether oxygens (including phenoxy) is 1. The lowest BCUT2D eigenvalue weighted by molar-refractivity contribution is -0.161. The standard InChI is InChI=1S/C35H31N3O3S2/c1-38(40)34(39)32(22-35(36-20-21-43-35)29-10-6-3-7-11-29)27-14-12-25(13-15-27)26-16-18-31(19-17-26)41-23-30-24-42-33(37-30)28-8-4-2-5-9-28/h2-21,24,32,36,40H,22-23H2,1H3. The van der Waals surface area contributed by atoms with Crippen molar-refractivity contribution >= 4 is 29.0 Å². The van der Waals surface area contributed by atoms with Gasteiger partial charge in [-0.1, -0.05) is 109 Å². The maximum Gasteiger partial charge on any atom is 0.253 e. The Kier molecular flexibility index (Phi) is 8.60. The van der Waals surface area contributed by atoms with Crippen molar-refractivity contribution in [2.24, 2.45) is 0 Å². The van der Waals surface area contributed by atoms with Gasteiger partial charge < -0.3 is 10.1 Å². The number of hydrogen-bond acceptors (Lipinski definition) is 7. The van der Waals surface area contributed by atoms with E-state index in [1.807, 2.05) is 102 Å². The largest absolute Gasteiger partial charge is 0.487 e. The molecule has 0 bridgehead atoms. The van der Waals surface area contributed by atoms with Gasteiger partial charge in [0.15, 0.2) is 0 Å². The highest BCUT2D eigenvalue weighted by Gasteiger charge is 2.40. The van der Waals surface area contributed by atoms with Crippen LogP contribution in [0, 0.1) is 0 Å². The highest BCUT2D eigenvalue weighted by molar-refractivity contribution is 8.03. The van der Waals surface area contributed by atoms with Crippen LogP contribution < -0.4 is 10.1 Å². The molecule has 2 atom stereocenters. The number of aromatic nitrogens is 1. The highest BCUT2D eigenvalue weighted by atomic mass is 32.2. The average Bonchev–Trinajstić information content (AvgIpc) is 3.75. The predicted molar refractivity (Wildman–Crippen MR) is 174 cm³/mol. The minimum Gasteiger partial charge on any atom is -0.487 e. The molecule has 216 valence electrons. The Morgan fingerprint density at radius 2 is 1.56 bits per heavy atom. The average molecular weight is 606 g/mol. The highest BCUT2D eigenvalue weighted by Crippen LogP contribution is 2.46. The van der Waals surface area contributed by atoms with E-state index in [1.165, 1.54) is 7.05 Å². The van der Waals surface area contributed by atoms with E-state index in [0.717, 1.165) is 44.3 Å². The molecule has 2 N–H and O–H groups in total. The third-order valence-electron chi connectivity index (χ3n) is 7.46. The molecule has 5 aromatic rings. The van der Waals surface area contributed by atoms with Gasteiger partial charge in [0.1, 0.15) is 22.2 Å². The minimum atomic E-state index is -0.548. The summed E-state index contributed by atoms with van der Waals surface area (Å²) in [6, 6.07) is 36.2. The van der Waals surface area contributed by atoms with Crippen LogP contribution in [-0.4, -0.2) is 28.2 Å². The van der Waals surface area contributed by atoms with E-state index in [2.05, 4.69) is 29.6 Å². The summed E-state index contributed by atoms with van der Waals surface area (Å²) in [5.74, 6) is -0.129. The second kappa shape index (κ2) is 12.9. The van der Waals surface area contributed by atoms with Crippen molar-refractivity contribution in [2.75, 3.05) is 7.05 Å². The number of thioether (sulfide) groups is 1. The second-order valence-corrected chi connectivity index (χ2v) is 12.4. The van der Waals surface area contributed by atoms with Gasteiger partial charge >= 0.3 is 0 Å². The summed E-state index contributed by atoms with van der Waals surface area (Å²) >= 11 is 3.25. The zero-order valence-electron chi connectivity index (χ0n) is 23.6. The van der Waals surface area contributed by atoms with Gasteiger partial charge in [0, 0.05) is 30.6 Å². The smallest absolute Gasteiger partial charge is 0.253 e. The van der Waals surface area contributed by atoms with Crippen LogP contribution in [0.25, 0.3) is 21.7 Å². The summed E-state index contributed by atoms with van der Waals surface area (Å²) in [5.41, 5.74) is 6.00. The molecular formula is C35H31N3O3S2. The minimum absolute atomic E-state index is 0.352. The molecule has 0 saturated heterocycles. The number of hydrogen-bond donors (Lipinski definition) is 2. The molecule has 1 amide bonds. The molecule has 0 aliphatic carbocycles. The van der Waals surface area contributed by atoms with Crippen LogP contribution in [-0.2, 0) is 16.3 Å². The molecule has 2 heterocycles. The lowest BCUT2D eigenvalue weighted by Gasteiger charge is -2.34. The number of hydroxylamine groups is 2. The van der Waals surface area contributed by atoms with E-state index in [1.54, 1.807) is 23.1 Å². The molecule has 1 aliphatic rings. The third-order valence-corrected chi connectivity index (χ3v) is 9.60. The van der Waals surface area contributed by atoms with E-state index in [9.17, 15) is 10.0 Å². The molecule has 8 heteroatoms. The Morgan fingerprint density at radius 3 is 2.19 bits per heavy atom. The molecule has 4 aromatic carbocycles. The third kappa shape index (κ3) is 6.51. The van der Waals surface area contributed by atoms with Crippen molar-refractivity contribution in [3.8, 4) is 27.4 Å². The van der Waals surface area contributed by atoms with Crippen molar-refractivity contribution in [3.63, 3.8) is 0 Å². The summed E-state index contributed by atoms with van der Waals surface area (Å²) in [6.45, 7) is 0.402. The van der Waals surface area contributed by atoms with Crippen LogP contribution in [0.15, 0.2) is 126 Å². The van der Waals surface area contributed by atoms with Crippen LogP contribution in [0.4, 0.5) is 0 Å². The fraction of sp³-hybridized carbons (Fsp3) is 0.143. The first-order chi connectivity index (χ1) is 21.0. The Labute approximate surface area is 259 Å². The Balaban J connectivity index is 1.15. The first-order valence-electron chi connectivity index (χ1n) is 14.0. The molecule has 0 spiro atoms. The molecule has 2 unspecified atom stereocenters. The number of amides is 1. The van der Waals surface area contributed by atoms with Gasteiger partial charge in [0.05, 0.1) is 11.6 Å². The van der Waals surface area contributed by atoms with Gasteiger partial charge in [-0.15, -0.1) is 11.3 Å².